The van der Waals surface area contributed by atoms with Crippen LogP contribution in [0.25, 0.3) is 0 Å². The Labute approximate surface area is 104 Å². The molecule has 1 unspecified atom stereocenters. The normalized spacial score (nSPS) is 25.2. The molecule has 0 aromatic carbocycles. The van der Waals surface area contributed by atoms with Crippen LogP contribution in [0.1, 0.15) is 34.6 Å². The highest BCUT2D eigenvalue weighted by atomic mass is 16.5. The Hall–Kier alpha value is -0.810. The van der Waals surface area contributed by atoms with Crippen LogP contribution in [0.2, 0.25) is 0 Å². The number of ether oxygens (including phenoxy) is 1. The molecule has 0 aromatic heterocycles. The number of hydrogen-bond acceptors (Lipinski definition) is 3. The van der Waals surface area contributed by atoms with Gasteiger partial charge in [0.15, 0.2) is 0 Å². The van der Waals surface area contributed by atoms with Crippen molar-refractivity contribution in [2.45, 2.75) is 46.3 Å². The van der Waals surface area contributed by atoms with Crippen LogP contribution in [0, 0.1) is 5.92 Å². The van der Waals surface area contributed by atoms with Crippen LogP contribution in [-0.4, -0.2) is 42.2 Å². The van der Waals surface area contributed by atoms with Crippen LogP contribution in [0.15, 0.2) is 4.99 Å². The molecule has 1 rings (SSSR count). The van der Waals surface area contributed by atoms with Gasteiger partial charge in [-0.1, -0.05) is 13.8 Å². The molecule has 1 heterocycles. The van der Waals surface area contributed by atoms with Crippen LogP contribution >= 0.6 is 0 Å². The van der Waals surface area contributed by atoms with Crippen LogP contribution < -0.4 is 11.3 Å². The second kappa shape index (κ2) is 5.69. The Kier molecular flexibility index (Phi) is 4.77. The third-order valence-corrected chi connectivity index (χ3v) is 2.60. The van der Waals surface area contributed by atoms with Gasteiger partial charge in [0.25, 0.3) is 0 Å². The summed E-state index contributed by atoms with van der Waals surface area (Å²) in [6, 6.07) is 0. The van der Waals surface area contributed by atoms with E-state index in [2.05, 4.69) is 49.9 Å². The average molecular weight is 242 g/mol. The van der Waals surface area contributed by atoms with E-state index < -0.39 is 0 Å². The van der Waals surface area contributed by atoms with Crippen molar-refractivity contribution < 1.29 is 4.74 Å². The van der Waals surface area contributed by atoms with Crippen molar-refractivity contribution >= 4 is 5.96 Å². The van der Waals surface area contributed by atoms with Gasteiger partial charge in [0, 0.05) is 19.6 Å². The van der Waals surface area contributed by atoms with Gasteiger partial charge >= 0.3 is 0 Å². The van der Waals surface area contributed by atoms with Crippen LogP contribution in [0.3, 0.4) is 0 Å². The first-order valence-electron chi connectivity index (χ1n) is 6.28. The molecule has 1 aliphatic heterocycles. The maximum Gasteiger partial charge on any atom is 0.208 e. The third-order valence-electron chi connectivity index (χ3n) is 2.60. The van der Waals surface area contributed by atoms with E-state index in [-0.39, 0.29) is 11.7 Å². The molecule has 1 saturated heterocycles. The number of rotatable bonds is 2. The van der Waals surface area contributed by atoms with E-state index in [0.29, 0.717) is 5.92 Å². The summed E-state index contributed by atoms with van der Waals surface area (Å²) < 4.78 is 5.86. The number of nitrogens with one attached hydrogen (secondary N) is 1. The van der Waals surface area contributed by atoms with Gasteiger partial charge in [-0.2, -0.15) is 0 Å². The molecule has 100 valence electrons. The maximum atomic E-state index is 5.86. The Morgan fingerprint density at radius 3 is 2.71 bits per heavy atom. The standard InChI is InChI=1S/C12H26N4O/c1-9(2)6-14-11(15-13)16-7-10(3)17-12(4,5)8-16/h9-10H,6-8,13H2,1-5H3,(H,14,15). The molecule has 0 amide bonds. The third kappa shape index (κ3) is 4.52. The first kappa shape index (κ1) is 14.3. The van der Waals surface area contributed by atoms with Crippen molar-refractivity contribution in [2.75, 3.05) is 19.6 Å². The topological polar surface area (TPSA) is 62.9 Å². The summed E-state index contributed by atoms with van der Waals surface area (Å²) in [5.74, 6) is 6.86. The van der Waals surface area contributed by atoms with Crippen LogP contribution in [0.4, 0.5) is 0 Å². The lowest BCUT2D eigenvalue weighted by Gasteiger charge is -2.42. The minimum Gasteiger partial charge on any atom is -0.369 e. The van der Waals surface area contributed by atoms with E-state index in [1.165, 1.54) is 0 Å². The second-order valence-electron chi connectivity index (χ2n) is 5.77. The summed E-state index contributed by atoms with van der Waals surface area (Å²) in [5.41, 5.74) is 2.55. The number of hydrazine groups is 1. The lowest BCUT2D eigenvalue weighted by Crippen LogP contribution is -2.57. The summed E-state index contributed by atoms with van der Waals surface area (Å²) in [6.07, 6.45) is 0.191. The molecular formula is C12H26N4O. The fraction of sp³-hybridized carbons (Fsp3) is 0.917. The number of hydrogen-bond donors (Lipinski definition) is 2. The summed E-state index contributed by atoms with van der Waals surface area (Å²) in [6.45, 7) is 12.9. The predicted molar refractivity (Wildman–Crippen MR) is 70.7 cm³/mol. The smallest absolute Gasteiger partial charge is 0.208 e. The highest BCUT2D eigenvalue weighted by molar-refractivity contribution is 5.79. The second-order valence-corrected chi connectivity index (χ2v) is 5.77. The van der Waals surface area contributed by atoms with Crippen molar-refractivity contribution in [1.82, 2.24) is 10.3 Å². The minimum atomic E-state index is -0.160. The first-order chi connectivity index (χ1) is 7.84. The molecular weight excluding hydrogens is 216 g/mol. The monoisotopic (exact) mass is 242 g/mol. The van der Waals surface area contributed by atoms with Crippen LogP contribution in [-0.2, 0) is 4.74 Å². The predicted octanol–water partition coefficient (Wildman–Crippen LogP) is 0.961. The van der Waals surface area contributed by atoms with Crippen molar-refractivity contribution in [3.8, 4) is 0 Å². The van der Waals surface area contributed by atoms with E-state index in [0.717, 1.165) is 25.6 Å². The van der Waals surface area contributed by atoms with Gasteiger partial charge in [-0.05, 0) is 26.7 Å². The molecule has 1 fully saturated rings. The van der Waals surface area contributed by atoms with Crippen molar-refractivity contribution in [2.24, 2.45) is 16.8 Å². The molecule has 3 N–H and O–H groups in total. The number of morpholine rings is 1. The summed E-state index contributed by atoms with van der Waals surface area (Å²) in [5, 5.41) is 0. The van der Waals surface area contributed by atoms with Gasteiger partial charge < -0.3 is 9.64 Å². The highest BCUT2D eigenvalue weighted by Gasteiger charge is 2.32. The Balaban J connectivity index is 2.71. The SMILES string of the molecule is CC(C)CN=C(NN)N1CC(C)OC(C)(C)C1. The van der Waals surface area contributed by atoms with Gasteiger partial charge in [0.05, 0.1) is 11.7 Å². The lowest BCUT2D eigenvalue weighted by atomic mass is 10.1. The molecule has 5 nitrogen and oxygen atoms in total. The van der Waals surface area contributed by atoms with Gasteiger partial charge in [0.2, 0.25) is 5.96 Å². The molecule has 0 aromatic rings. The summed E-state index contributed by atoms with van der Waals surface area (Å²) in [4.78, 5) is 6.68. The largest absolute Gasteiger partial charge is 0.369 e. The van der Waals surface area contributed by atoms with E-state index in [4.69, 9.17) is 10.6 Å². The fourth-order valence-corrected chi connectivity index (χ4v) is 2.12. The molecule has 0 radical (unpaired) electrons. The Morgan fingerprint density at radius 1 is 1.59 bits per heavy atom. The zero-order valence-corrected chi connectivity index (χ0v) is 11.7. The summed E-state index contributed by atoms with van der Waals surface area (Å²) >= 11 is 0. The zero-order chi connectivity index (χ0) is 13.1. The molecule has 0 spiro atoms. The molecule has 1 aliphatic rings. The zero-order valence-electron chi connectivity index (χ0n) is 11.7. The van der Waals surface area contributed by atoms with E-state index in [1.54, 1.807) is 0 Å². The van der Waals surface area contributed by atoms with Gasteiger partial charge in [-0.3, -0.25) is 10.4 Å². The number of aliphatic imine (C=N–C) groups is 1. The van der Waals surface area contributed by atoms with Gasteiger partial charge in [-0.15, -0.1) is 0 Å². The van der Waals surface area contributed by atoms with Crippen LogP contribution in [0.5, 0.6) is 0 Å². The maximum absolute atomic E-state index is 5.86. The van der Waals surface area contributed by atoms with Crippen molar-refractivity contribution in [3.05, 3.63) is 0 Å². The number of nitrogens with two attached hydrogens (primary N) is 1. The number of guanidine groups is 1. The molecule has 1 atom stereocenters. The number of nitrogens with zero attached hydrogens (tertiary/aromatic N) is 2. The summed E-state index contributed by atoms with van der Waals surface area (Å²) in [7, 11) is 0. The molecule has 0 saturated carbocycles. The van der Waals surface area contributed by atoms with Crippen molar-refractivity contribution in [3.63, 3.8) is 0 Å². The average Bonchev–Trinajstić information content (AvgIpc) is 2.14. The minimum absolute atomic E-state index is 0.160. The van der Waals surface area contributed by atoms with Gasteiger partial charge in [0.1, 0.15) is 0 Å². The molecule has 0 bridgehead atoms. The van der Waals surface area contributed by atoms with Crippen molar-refractivity contribution in [1.29, 1.82) is 0 Å². The Bertz CT molecular complexity index is 276. The molecule has 0 aliphatic carbocycles. The van der Waals surface area contributed by atoms with E-state index >= 15 is 0 Å². The highest BCUT2D eigenvalue weighted by Crippen LogP contribution is 2.20. The quantitative estimate of drug-likeness (QED) is 0.328. The molecule has 17 heavy (non-hydrogen) atoms. The van der Waals surface area contributed by atoms with E-state index in [9.17, 15) is 0 Å². The van der Waals surface area contributed by atoms with E-state index in [1.807, 2.05) is 0 Å². The lowest BCUT2D eigenvalue weighted by molar-refractivity contribution is -0.113. The molecule has 5 heteroatoms. The Morgan fingerprint density at radius 2 is 2.24 bits per heavy atom. The fourth-order valence-electron chi connectivity index (χ4n) is 2.12. The van der Waals surface area contributed by atoms with Gasteiger partial charge in [-0.25, -0.2) is 5.84 Å². The first-order valence-corrected chi connectivity index (χ1v) is 6.28.